The number of hydrogen-bond donors (Lipinski definition) is 1. The summed E-state index contributed by atoms with van der Waals surface area (Å²) in [6, 6.07) is 9.99. The number of benzene rings is 2. The van der Waals surface area contributed by atoms with Crippen LogP contribution in [0.2, 0.25) is 10.0 Å². The van der Waals surface area contributed by atoms with E-state index in [9.17, 15) is 0 Å². The first kappa shape index (κ1) is 20.8. The number of rotatable bonds is 7. The van der Waals surface area contributed by atoms with Crippen LogP contribution in [0.25, 0.3) is 0 Å². The van der Waals surface area contributed by atoms with Crippen LogP contribution in [-0.4, -0.2) is 13.2 Å². The lowest BCUT2D eigenvalue weighted by molar-refractivity contribution is 0.284. The fraction of sp³-hybridized carbons (Fsp3) is 0.429. The van der Waals surface area contributed by atoms with E-state index in [1.807, 2.05) is 18.2 Å². The van der Waals surface area contributed by atoms with Crippen molar-refractivity contribution in [3.63, 3.8) is 0 Å². The highest BCUT2D eigenvalue weighted by Crippen LogP contribution is 2.35. The predicted octanol–water partition coefficient (Wildman–Crippen LogP) is 6.77. The van der Waals surface area contributed by atoms with Gasteiger partial charge in [0.1, 0.15) is 6.61 Å². The molecule has 0 radical (unpaired) electrons. The second-order valence-electron chi connectivity index (χ2n) is 6.83. The molecule has 0 aliphatic heterocycles. The SMILES string of the molecule is COc1cc(CNC2CCCCC2)c(Br)cc1OCc1ccc(Cl)cc1Cl. The molecule has 3 nitrogen and oxygen atoms in total. The zero-order valence-corrected chi connectivity index (χ0v) is 18.5. The van der Waals surface area contributed by atoms with Gasteiger partial charge in [0.2, 0.25) is 0 Å². The van der Waals surface area contributed by atoms with Gasteiger partial charge in [-0.05, 0) is 42.7 Å². The Morgan fingerprint density at radius 2 is 1.81 bits per heavy atom. The van der Waals surface area contributed by atoms with Crippen molar-refractivity contribution in [2.45, 2.75) is 51.3 Å². The Kier molecular flexibility index (Phi) is 7.71. The fourth-order valence-corrected chi connectivity index (χ4v) is 4.27. The Bertz CT molecular complexity index is 779. The molecule has 2 aromatic carbocycles. The van der Waals surface area contributed by atoms with Crippen LogP contribution in [0.15, 0.2) is 34.8 Å². The minimum Gasteiger partial charge on any atom is -0.493 e. The predicted molar refractivity (Wildman–Crippen MR) is 115 cm³/mol. The summed E-state index contributed by atoms with van der Waals surface area (Å²) in [6.45, 7) is 1.16. The Morgan fingerprint density at radius 3 is 2.52 bits per heavy atom. The van der Waals surface area contributed by atoms with E-state index in [0.717, 1.165) is 22.1 Å². The molecule has 0 heterocycles. The molecule has 1 aliphatic carbocycles. The van der Waals surface area contributed by atoms with E-state index in [0.29, 0.717) is 34.2 Å². The lowest BCUT2D eigenvalue weighted by atomic mass is 9.95. The number of hydrogen-bond acceptors (Lipinski definition) is 3. The van der Waals surface area contributed by atoms with E-state index in [1.54, 1.807) is 19.2 Å². The summed E-state index contributed by atoms with van der Waals surface area (Å²) < 4.78 is 12.5. The molecule has 1 aliphatic rings. The van der Waals surface area contributed by atoms with Crippen molar-refractivity contribution in [2.24, 2.45) is 0 Å². The first-order valence-electron chi connectivity index (χ1n) is 9.23. The summed E-state index contributed by atoms with van der Waals surface area (Å²) in [5.74, 6) is 1.39. The minimum absolute atomic E-state index is 0.346. The summed E-state index contributed by atoms with van der Waals surface area (Å²) in [5.41, 5.74) is 2.04. The molecule has 1 saturated carbocycles. The van der Waals surface area contributed by atoms with Crippen LogP contribution in [-0.2, 0) is 13.2 Å². The number of nitrogens with one attached hydrogen (secondary N) is 1. The van der Waals surface area contributed by atoms with Gasteiger partial charge in [0, 0.05) is 32.7 Å². The molecule has 0 spiro atoms. The number of ether oxygens (including phenoxy) is 2. The molecule has 1 N–H and O–H groups in total. The third-order valence-corrected chi connectivity index (χ3v) is 6.24. The standard InChI is InChI=1S/C21H24BrCl2NO2/c1-26-20-9-15(12-25-17-5-3-2-4-6-17)18(22)11-21(20)27-13-14-7-8-16(23)10-19(14)24/h7-11,17,25H,2-6,12-13H2,1H3. The van der Waals surface area contributed by atoms with E-state index in [2.05, 4.69) is 21.2 Å². The van der Waals surface area contributed by atoms with Crippen molar-refractivity contribution < 1.29 is 9.47 Å². The molecule has 3 rings (SSSR count). The third kappa shape index (κ3) is 5.77. The van der Waals surface area contributed by atoms with Crippen molar-refractivity contribution in [3.8, 4) is 11.5 Å². The summed E-state index contributed by atoms with van der Waals surface area (Å²) >= 11 is 15.8. The van der Waals surface area contributed by atoms with E-state index in [1.165, 1.54) is 32.1 Å². The fourth-order valence-electron chi connectivity index (χ4n) is 3.34. The Morgan fingerprint density at radius 1 is 1.04 bits per heavy atom. The van der Waals surface area contributed by atoms with Gasteiger partial charge in [-0.1, -0.05) is 64.5 Å². The number of methoxy groups -OCH3 is 1. The summed E-state index contributed by atoms with van der Waals surface area (Å²) in [6.07, 6.45) is 6.53. The first-order chi connectivity index (χ1) is 13.1. The second-order valence-corrected chi connectivity index (χ2v) is 8.53. The highest BCUT2D eigenvalue weighted by molar-refractivity contribution is 9.10. The normalized spacial score (nSPS) is 15.0. The molecule has 146 valence electrons. The van der Waals surface area contributed by atoms with E-state index >= 15 is 0 Å². The zero-order chi connectivity index (χ0) is 19.2. The maximum absolute atomic E-state index is 6.23. The smallest absolute Gasteiger partial charge is 0.162 e. The van der Waals surface area contributed by atoms with Crippen molar-refractivity contribution in [3.05, 3.63) is 56.0 Å². The van der Waals surface area contributed by atoms with Gasteiger partial charge >= 0.3 is 0 Å². The van der Waals surface area contributed by atoms with E-state index in [-0.39, 0.29) is 0 Å². The zero-order valence-electron chi connectivity index (χ0n) is 15.4. The lowest BCUT2D eigenvalue weighted by Gasteiger charge is -2.23. The topological polar surface area (TPSA) is 30.5 Å². The average Bonchev–Trinajstić information content (AvgIpc) is 2.67. The van der Waals surface area contributed by atoms with Gasteiger partial charge in [-0.3, -0.25) is 0 Å². The molecule has 0 aromatic heterocycles. The van der Waals surface area contributed by atoms with Gasteiger partial charge < -0.3 is 14.8 Å². The average molecular weight is 473 g/mol. The quantitative estimate of drug-likeness (QED) is 0.482. The lowest BCUT2D eigenvalue weighted by Crippen LogP contribution is -2.30. The van der Waals surface area contributed by atoms with Gasteiger partial charge in [-0.25, -0.2) is 0 Å². The maximum atomic E-state index is 6.23. The summed E-state index contributed by atoms with van der Waals surface area (Å²) in [4.78, 5) is 0. The van der Waals surface area contributed by atoms with Gasteiger partial charge in [-0.2, -0.15) is 0 Å². The third-order valence-electron chi connectivity index (χ3n) is 4.92. The van der Waals surface area contributed by atoms with Crippen LogP contribution < -0.4 is 14.8 Å². The molecular weight excluding hydrogens is 449 g/mol. The molecule has 0 unspecified atom stereocenters. The number of halogens is 3. The van der Waals surface area contributed by atoms with Gasteiger partial charge in [0.25, 0.3) is 0 Å². The molecule has 0 amide bonds. The largest absolute Gasteiger partial charge is 0.493 e. The maximum Gasteiger partial charge on any atom is 0.162 e. The minimum atomic E-state index is 0.346. The van der Waals surface area contributed by atoms with Crippen LogP contribution in [0.1, 0.15) is 43.2 Å². The molecular formula is C21H24BrCl2NO2. The van der Waals surface area contributed by atoms with Crippen molar-refractivity contribution >= 4 is 39.1 Å². The molecule has 27 heavy (non-hydrogen) atoms. The molecule has 2 aromatic rings. The molecule has 0 bridgehead atoms. The highest BCUT2D eigenvalue weighted by atomic mass is 79.9. The highest BCUT2D eigenvalue weighted by Gasteiger charge is 2.15. The van der Waals surface area contributed by atoms with Crippen molar-refractivity contribution in [1.82, 2.24) is 5.32 Å². The molecule has 0 atom stereocenters. The molecule has 6 heteroatoms. The van der Waals surface area contributed by atoms with Gasteiger partial charge in [-0.15, -0.1) is 0 Å². The van der Waals surface area contributed by atoms with E-state index in [4.69, 9.17) is 32.7 Å². The Labute approximate surface area is 179 Å². The van der Waals surface area contributed by atoms with Crippen LogP contribution in [0, 0.1) is 0 Å². The van der Waals surface area contributed by atoms with Crippen molar-refractivity contribution in [2.75, 3.05) is 7.11 Å². The van der Waals surface area contributed by atoms with Crippen LogP contribution in [0.3, 0.4) is 0 Å². The van der Waals surface area contributed by atoms with Gasteiger partial charge in [0.15, 0.2) is 11.5 Å². The summed E-state index contributed by atoms with van der Waals surface area (Å²) in [5, 5.41) is 4.87. The molecule has 0 saturated heterocycles. The monoisotopic (exact) mass is 471 g/mol. The van der Waals surface area contributed by atoms with Crippen LogP contribution in [0.5, 0.6) is 11.5 Å². The van der Waals surface area contributed by atoms with Crippen LogP contribution >= 0.6 is 39.1 Å². The van der Waals surface area contributed by atoms with Crippen LogP contribution in [0.4, 0.5) is 0 Å². The van der Waals surface area contributed by atoms with Gasteiger partial charge in [0.05, 0.1) is 7.11 Å². The molecule has 1 fully saturated rings. The first-order valence-corrected chi connectivity index (χ1v) is 10.8. The Balaban J connectivity index is 1.67. The van der Waals surface area contributed by atoms with E-state index < -0.39 is 0 Å². The Hall–Kier alpha value is -0.940. The second kappa shape index (κ2) is 10.0. The summed E-state index contributed by atoms with van der Waals surface area (Å²) in [7, 11) is 1.66. The van der Waals surface area contributed by atoms with Crippen molar-refractivity contribution in [1.29, 1.82) is 0 Å².